The number of aliphatic imine (C=N–C) groups is 1. The van der Waals surface area contributed by atoms with E-state index >= 15 is 0 Å². The van der Waals surface area contributed by atoms with Crippen LogP contribution in [0.3, 0.4) is 0 Å². The summed E-state index contributed by atoms with van der Waals surface area (Å²) in [5.74, 6) is -13.6. The van der Waals surface area contributed by atoms with Gasteiger partial charge in [0.1, 0.15) is 42.0 Å². The van der Waals surface area contributed by atoms with Crippen LogP contribution >= 0.6 is 0 Å². The molecule has 7 amide bonds. The molecule has 0 spiro atoms. The predicted molar refractivity (Wildman–Crippen MR) is 280 cm³/mol. The molecular formula is C53H72N10O13. The molecule has 2 aromatic carbocycles. The fourth-order valence-corrected chi connectivity index (χ4v) is 7.88. The Morgan fingerprint density at radius 3 is 1.93 bits per heavy atom. The van der Waals surface area contributed by atoms with Crippen molar-refractivity contribution in [2.45, 2.75) is 122 Å². The molecule has 1 saturated heterocycles. The summed E-state index contributed by atoms with van der Waals surface area (Å²) < 4.78 is 5.68. The van der Waals surface area contributed by atoms with Crippen LogP contribution in [-0.4, -0.2) is 136 Å². The van der Waals surface area contributed by atoms with Gasteiger partial charge in [0, 0.05) is 45.7 Å². The number of hydrogen-bond donors (Lipinski definition) is 10. The Morgan fingerprint density at radius 2 is 1.36 bits per heavy atom. The lowest BCUT2D eigenvalue weighted by molar-refractivity contribution is -0.148. The van der Waals surface area contributed by atoms with E-state index in [4.69, 9.17) is 16.2 Å². The van der Waals surface area contributed by atoms with Crippen molar-refractivity contribution in [1.29, 1.82) is 0 Å². The summed E-state index contributed by atoms with van der Waals surface area (Å²) >= 11 is 0. The van der Waals surface area contributed by atoms with Gasteiger partial charge in [-0.1, -0.05) is 112 Å². The van der Waals surface area contributed by atoms with Gasteiger partial charge in [0.2, 0.25) is 35.4 Å². The van der Waals surface area contributed by atoms with Crippen molar-refractivity contribution in [3.8, 4) is 0 Å². The summed E-state index contributed by atoms with van der Waals surface area (Å²) in [6.45, 7) is 12.4. The van der Waals surface area contributed by atoms with Crippen LogP contribution in [0.1, 0.15) is 78.4 Å². The summed E-state index contributed by atoms with van der Waals surface area (Å²) in [5, 5.41) is 35.6. The second-order valence-corrected chi connectivity index (χ2v) is 18.7. The molecule has 0 aliphatic carbocycles. The van der Waals surface area contributed by atoms with E-state index in [9.17, 15) is 58.2 Å². The second-order valence-electron chi connectivity index (χ2n) is 18.7. The number of likely N-dealkylation sites (N-methyl/N-ethyl adjacent to an activating group) is 1. The monoisotopic (exact) mass is 1060 g/mol. The van der Waals surface area contributed by atoms with Gasteiger partial charge in [-0.25, -0.2) is 9.59 Å². The molecule has 76 heavy (non-hydrogen) atoms. The lowest BCUT2D eigenvalue weighted by Gasteiger charge is -2.28. The second kappa shape index (κ2) is 30.1. The number of nitrogens with two attached hydrogens (primary N) is 2. The first kappa shape index (κ1) is 61.9. The minimum absolute atomic E-state index is 0.00588. The van der Waals surface area contributed by atoms with Crippen LogP contribution in [0.5, 0.6) is 0 Å². The van der Waals surface area contributed by atoms with E-state index in [-0.39, 0.29) is 37.7 Å². The van der Waals surface area contributed by atoms with E-state index in [0.717, 1.165) is 10.5 Å². The number of carboxylic acids is 2. The number of hydrogen-bond acceptors (Lipinski definition) is 12. The molecule has 0 saturated carbocycles. The molecule has 1 aliphatic rings. The number of ether oxygens (including phenoxy) is 1. The van der Waals surface area contributed by atoms with Gasteiger partial charge in [-0.15, -0.1) is 0 Å². The zero-order valence-electron chi connectivity index (χ0n) is 43.9. The number of rotatable bonds is 15. The van der Waals surface area contributed by atoms with Crippen LogP contribution in [0, 0.1) is 17.8 Å². The zero-order chi connectivity index (χ0) is 56.8. The van der Waals surface area contributed by atoms with Crippen molar-refractivity contribution in [3.05, 3.63) is 108 Å². The van der Waals surface area contributed by atoms with Crippen LogP contribution in [0.2, 0.25) is 0 Å². The minimum Gasteiger partial charge on any atom is -0.480 e. The summed E-state index contributed by atoms with van der Waals surface area (Å²) in [6, 6.07) is 8.58. The van der Waals surface area contributed by atoms with Crippen molar-refractivity contribution in [2.24, 2.45) is 34.2 Å². The Hall–Kier alpha value is -8.37. The number of aliphatic carboxylic acids is 2. The highest BCUT2D eigenvalue weighted by Gasteiger charge is 2.37. The number of carboxylic acid groups (broad SMARTS) is 2. The molecule has 1 aliphatic heterocycles. The van der Waals surface area contributed by atoms with Gasteiger partial charge < -0.3 is 63.2 Å². The molecule has 1 heterocycles. The molecule has 0 radical (unpaired) electrons. The molecule has 0 bridgehead atoms. The lowest BCUT2D eigenvalue weighted by Crippen LogP contribution is -2.59. The quantitative estimate of drug-likeness (QED) is 0.0294. The Morgan fingerprint density at radius 1 is 0.776 bits per heavy atom. The van der Waals surface area contributed by atoms with Crippen molar-refractivity contribution < 1.29 is 62.9 Å². The average Bonchev–Trinajstić information content (AvgIpc) is 3.36. The molecule has 23 nitrogen and oxygen atoms in total. The van der Waals surface area contributed by atoms with Gasteiger partial charge in [0.05, 0.1) is 17.9 Å². The standard InChI is InChI=1S/C53H72N10O13/c1-29(26-30(2)42(76-35(7)64)28-37-18-13-10-14-19-37)21-22-38-31(3)45(66)60-40(51(72)73)23-24-43(65)63(8)34(6)48(69)57-33(5)47(68)61-41(27-36-16-11-9-12-17-36)50(71)62-44(52(74)75)32(4)46(67)59-39(49(70)58-38)20-15-25-56-53(54)55/h9-14,16-19,21-22,26,30-33,38-42,44H,6,15,20,23-25,27-28H2,1-5,7-8H3,(H,57,69)(H,58,70)(H,59,67)(H,60,66)(H,61,68)(H,62,71)(H,72,73)(H,74,75)(H4,54,55,56). The molecule has 412 valence electrons. The highest BCUT2D eigenvalue weighted by Crippen LogP contribution is 2.20. The molecule has 3 rings (SSSR count). The number of guanidine groups is 1. The largest absolute Gasteiger partial charge is 0.480 e. The van der Waals surface area contributed by atoms with Gasteiger partial charge >= 0.3 is 17.9 Å². The summed E-state index contributed by atoms with van der Waals surface area (Å²) in [6.07, 6.45) is 3.48. The first-order valence-electron chi connectivity index (χ1n) is 24.7. The van der Waals surface area contributed by atoms with Gasteiger partial charge in [-0.3, -0.25) is 43.3 Å². The molecule has 1 fully saturated rings. The van der Waals surface area contributed by atoms with E-state index in [1.165, 1.54) is 40.8 Å². The van der Waals surface area contributed by atoms with Crippen LogP contribution in [0.4, 0.5) is 0 Å². The van der Waals surface area contributed by atoms with Crippen LogP contribution in [-0.2, 0) is 65.5 Å². The van der Waals surface area contributed by atoms with Gasteiger partial charge in [0.15, 0.2) is 5.96 Å². The highest BCUT2D eigenvalue weighted by atomic mass is 16.5. The van der Waals surface area contributed by atoms with E-state index < -0.39 is 132 Å². The summed E-state index contributed by atoms with van der Waals surface area (Å²) in [7, 11) is 1.20. The molecule has 0 aromatic heterocycles. The van der Waals surface area contributed by atoms with Gasteiger partial charge in [-0.05, 0) is 44.2 Å². The van der Waals surface area contributed by atoms with Gasteiger partial charge in [0.25, 0.3) is 5.91 Å². The normalized spacial score (nSPS) is 24.2. The third kappa shape index (κ3) is 20.2. The molecule has 2 aromatic rings. The zero-order valence-corrected chi connectivity index (χ0v) is 43.9. The topological polar surface area (TPSA) is 360 Å². The predicted octanol–water partition coefficient (Wildman–Crippen LogP) is 0.732. The highest BCUT2D eigenvalue weighted by molar-refractivity contribution is 6.00. The SMILES string of the molecule is C=C1C(=O)NC(C)C(=O)NC(Cc2ccccc2)C(=O)NC(C(=O)O)C(C)C(=O)NC(CCCN=C(N)N)C(=O)NC(C=CC(C)=CC(C)C(Cc2ccccc2)OC(C)=O)C(C)C(=O)NC(C(=O)O)CCC(=O)N1C. The first-order chi connectivity index (χ1) is 35.8. The van der Waals surface area contributed by atoms with E-state index in [0.29, 0.717) is 17.6 Å². The lowest BCUT2D eigenvalue weighted by atomic mass is 9.94. The third-order valence-electron chi connectivity index (χ3n) is 12.6. The van der Waals surface area contributed by atoms with Crippen LogP contribution < -0.4 is 43.4 Å². The number of amides is 7. The Bertz CT molecular complexity index is 2510. The number of carbonyl (C=O) groups excluding carboxylic acids is 8. The van der Waals surface area contributed by atoms with E-state index in [2.05, 4.69) is 43.5 Å². The summed E-state index contributed by atoms with van der Waals surface area (Å²) in [4.78, 5) is 139. The van der Waals surface area contributed by atoms with Crippen molar-refractivity contribution in [2.75, 3.05) is 13.6 Å². The number of nitrogens with zero attached hydrogens (tertiary/aromatic N) is 2. The van der Waals surface area contributed by atoms with E-state index in [1.54, 1.807) is 43.3 Å². The fraction of sp³-hybridized carbons (Fsp3) is 0.453. The number of nitrogens with one attached hydrogen (secondary N) is 6. The maximum atomic E-state index is 14.5. The fourth-order valence-electron chi connectivity index (χ4n) is 7.88. The van der Waals surface area contributed by atoms with Crippen molar-refractivity contribution in [3.63, 3.8) is 0 Å². The van der Waals surface area contributed by atoms with Gasteiger partial charge in [-0.2, -0.15) is 0 Å². The maximum Gasteiger partial charge on any atom is 0.327 e. The number of esters is 1. The Labute approximate surface area is 441 Å². The van der Waals surface area contributed by atoms with Crippen LogP contribution in [0.25, 0.3) is 0 Å². The molecular weight excluding hydrogens is 985 g/mol. The third-order valence-corrected chi connectivity index (χ3v) is 12.6. The first-order valence-corrected chi connectivity index (χ1v) is 24.7. The number of carbonyl (C=O) groups is 10. The molecule has 10 unspecified atom stereocenters. The molecule has 12 N–H and O–H groups in total. The molecule has 10 atom stereocenters. The Balaban J connectivity index is 2.15. The smallest absolute Gasteiger partial charge is 0.327 e. The van der Waals surface area contributed by atoms with Crippen molar-refractivity contribution >= 4 is 65.2 Å². The summed E-state index contributed by atoms with van der Waals surface area (Å²) in [5.41, 5.74) is 12.7. The molecule has 23 heteroatoms. The average molecular weight is 1060 g/mol. The van der Waals surface area contributed by atoms with E-state index in [1.807, 2.05) is 43.3 Å². The number of allylic oxidation sites excluding steroid dienone is 2. The number of benzene rings is 2. The van der Waals surface area contributed by atoms with Crippen molar-refractivity contribution in [1.82, 2.24) is 36.8 Å². The van der Waals surface area contributed by atoms with Crippen LogP contribution in [0.15, 0.2) is 102 Å². The Kier molecular flexibility index (Phi) is 24.5. The maximum absolute atomic E-state index is 14.5. The minimum atomic E-state index is -1.94.